The first-order valence-corrected chi connectivity index (χ1v) is 6.18. The van der Waals surface area contributed by atoms with E-state index < -0.39 is 10.0 Å². The molecule has 1 heterocycles. The van der Waals surface area contributed by atoms with Gasteiger partial charge in [0.2, 0.25) is 0 Å². The van der Waals surface area contributed by atoms with Gasteiger partial charge in [0, 0.05) is 11.6 Å². The summed E-state index contributed by atoms with van der Waals surface area (Å²) in [4.78, 5) is 0. The van der Waals surface area contributed by atoms with E-state index in [1.165, 1.54) is 6.20 Å². The Bertz CT molecular complexity index is 453. The molecule has 15 heavy (non-hydrogen) atoms. The molecular weight excluding hydrogens is 218 g/mol. The molecule has 0 aliphatic heterocycles. The highest BCUT2D eigenvalue weighted by molar-refractivity contribution is 7.89. The second-order valence-electron chi connectivity index (χ2n) is 3.82. The number of nitrogens with zero attached hydrogens (tertiary/aromatic N) is 1. The topological polar surface area (TPSA) is 95.1 Å². The summed E-state index contributed by atoms with van der Waals surface area (Å²) in [5, 5.41) is 14.9. The molecule has 1 saturated carbocycles. The van der Waals surface area contributed by atoms with Crippen LogP contribution in [-0.2, 0) is 16.6 Å². The number of aromatic nitrogens is 2. The van der Waals surface area contributed by atoms with Gasteiger partial charge in [0.1, 0.15) is 0 Å². The number of aromatic amines is 1. The van der Waals surface area contributed by atoms with Crippen LogP contribution in [0.4, 0.5) is 0 Å². The zero-order valence-electron chi connectivity index (χ0n) is 8.27. The lowest BCUT2D eigenvalue weighted by Crippen LogP contribution is -2.28. The highest BCUT2D eigenvalue weighted by Crippen LogP contribution is 2.30. The second-order valence-corrected chi connectivity index (χ2v) is 5.47. The number of hydrogen-bond acceptors (Lipinski definition) is 4. The summed E-state index contributed by atoms with van der Waals surface area (Å²) in [5.74, 6) is 0.389. The van der Waals surface area contributed by atoms with E-state index in [0.717, 1.165) is 6.42 Å². The van der Waals surface area contributed by atoms with Crippen molar-refractivity contribution in [3.8, 4) is 0 Å². The van der Waals surface area contributed by atoms with Crippen molar-refractivity contribution in [1.29, 1.82) is 0 Å². The molecule has 0 bridgehead atoms. The Balaban J connectivity index is 2.21. The SMILES string of the molecule is CC1CC1NS(=O)(=O)c1[nH]ncc1CO. The molecule has 1 aromatic rings. The van der Waals surface area contributed by atoms with Gasteiger partial charge in [0.15, 0.2) is 5.03 Å². The monoisotopic (exact) mass is 231 g/mol. The fourth-order valence-corrected chi connectivity index (χ4v) is 2.87. The Morgan fingerprint density at radius 2 is 2.40 bits per heavy atom. The van der Waals surface area contributed by atoms with Gasteiger partial charge in [0.05, 0.1) is 12.8 Å². The molecule has 0 saturated heterocycles. The van der Waals surface area contributed by atoms with E-state index in [0.29, 0.717) is 5.92 Å². The third-order valence-corrected chi connectivity index (χ3v) is 4.04. The smallest absolute Gasteiger partial charge is 0.258 e. The van der Waals surface area contributed by atoms with E-state index >= 15 is 0 Å². The number of nitrogens with one attached hydrogen (secondary N) is 2. The minimum Gasteiger partial charge on any atom is -0.392 e. The number of H-pyrrole nitrogens is 1. The van der Waals surface area contributed by atoms with Gasteiger partial charge < -0.3 is 5.11 Å². The molecule has 84 valence electrons. The molecule has 1 fully saturated rings. The van der Waals surface area contributed by atoms with E-state index in [2.05, 4.69) is 14.9 Å². The largest absolute Gasteiger partial charge is 0.392 e. The molecule has 6 nitrogen and oxygen atoms in total. The first kappa shape index (κ1) is 10.6. The molecule has 3 N–H and O–H groups in total. The van der Waals surface area contributed by atoms with E-state index in [9.17, 15) is 8.42 Å². The summed E-state index contributed by atoms with van der Waals surface area (Å²) in [5.41, 5.74) is 0.288. The van der Waals surface area contributed by atoms with Crippen LogP contribution in [0.25, 0.3) is 0 Å². The predicted molar refractivity (Wildman–Crippen MR) is 52.4 cm³/mol. The molecule has 2 atom stereocenters. The van der Waals surface area contributed by atoms with E-state index in [1.54, 1.807) is 0 Å². The number of rotatable bonds is 4. The van der Waals surface area contributed by atoms with Crippen molar-refractivity contribution in [1.82, 2.24) is 14.9 Å². The van der Waals surface area contributed by atoms with E-state index in [1.807, 2.05) is 6.92 Å². The zero-order chi connectivity index (χ0) is 11.1. The first-order chi connectivity index (χ1) is 7.04. The van der Waals surface area contributed by atoms with Gasteiger partial charge in [0.25, 0.3) is 10.0 Å². The van der Waals surface area contributed by atoms with Crippen LogP contribution in [-0.4, -0.2) is 29.8 Å². The van der Waals surface area contributed by atoms with Gasteiger partial charge in [-0.1, -0.05) is 6.92 Å². The maximum absolute atomic E-state index is 11.8. The summed E-state index contributed by atoms with van der Waals surface area (Å²) in [6.45, 7) is 1.64. The molecule has 0 spiro atoms. The molecule has 1 aliphatic carbocycles. The lowest BCUT2D eigenvalue weighted by atomic mass is 10.4. The second kappa shape index (κ2) is 3.58. The average molecular weight is 231 g/mol. The van der Waals surface area contributed by atoms with Crippen molar-refractivity contribution in [2.75, 3.05) is 0 Å². The van der Waals surface area contributed by atoms with Crippen LogP contribution in [0.1, 0.15) is 18.9 Å². The Hall–Kier alpha value is -0.920. The van der Waals surface area contributed by atoms with Crippen LogP contribution < -0.4 is 4.72 Å². The fraction of sp³-hybridized carbons (Fsp3) is 0.625. The highest BCUT2D eigenvalue weighted by atomic mass is 32.2. The van der Waals surface area contributed by atoms with Crippen LogP contribution in [0, 0.1) is 5.92 Å². The minimum absolute atomic E-state index is 0.0184. The molecular formula is C8H13N3O3S. The third kappa shape index (κ3) is 2.04. The molecule has 0 radical (unpaired) electrons. The van der Waals surface area contributed by atoms with Crippen molar-refractivity contribution >= 4 is 10.0 Å². The predicted octanol–water partition coefficient (Wildman–Crippen LogP) is -0.411. The Morgan fingerprint density at radius 1 is 1.73 bits per heavy atom. The van der Waals surface area contributed by atoms with Crippen LogP contribution in [0.2, 0.25) is 0 Å². The molecule has 2 unspecified atom stereocenters. The van der Waals surface area contributed by atoms with Crippen molar-refractivity contribution in [2.24, 2.45) is 5.92 Å². The number of sulfonamides is 1. The standard InChI is InChI=1S/C8H13N3O3S/c1-5-2-7(5)11-15(13,14)8-6(4-12)3-9-10-8/h3,5,7,11-12H,2,4H2,1H3,(H,9,10). The third-order valence-electron chi connectivity index (χ3n) is 2.53. The minimum atomic E-state index is -3.56. The van der Waals surface area contributed by atoms with Gasteiger partial charge >= 0.3 is 0 Å². The Morgan fingerprint density at radius 3 is 2.93 bits per heavy atom. The number of aliphatic hydroxyl groups excluding tert-OH is 1. The Labute approximate surface area is 87.8 Å². The quantitative estimate of drug-likeness (QED) is 0.656. The van der Waals surface area contributed by atoms with Gasteiger partial charge in [-0.15, -0.1) is 0 Å². The summed E-state index contributed by atoms with van der Waals surface area (Å²) in [6.07, 6.45) is 2.17. The van der Waals surface area contributed by atoms with E-state index in [-0.39, 0.29) is 23.2 Å². The van der Waals surface area contributed by atoms with Crippen molar-refractivity contribution in [3.63, 3.8) is 0 Å². The maximum Gasteiger partial charge on any atom is 0.258 e. The normalized spacial score (nSPS) is 25.5. The summed E-state index contributed by atoms with van der Waals surface area (Å²) in [6, 6.07) is 0.0184. The lowest BCUT2D eigenvalue weighted by molar-refractivity contribution is 0.278. The van der Waals surface area contributed by atoms with Gasteiger partial charge in [-0.3, -0.25) is 5.10 Å². The molecule has 1 aliphatic rings. The van der Waals surface area contributed by atoms with Gasteiger partial charge in [-0.2, -0.15) is 5.10 Å². The molecule has 0 amide bonds. The summed E-state index contributed by atoms with van der Waals surface area (Å²) < 4.78 is 26.1. The van der Waals surface area contributed by atoms with E-state index in [4.69, 9.17) is 5.11 Å². The zero-order valence-corrected chi connectivity index (χ0v) is 9.08. The van der Waals surface area contributed by atoms with Crippen LogP contribution in [0.3, 0.4) is 0 Å². The van der Waals surface area contributed by atoms with Gasteiger partial charge in [-0.25, -0.2) is 13.1 Å². The highest BCUT2D eigenvalue weighted by Gasteiger charge is 2.37. The lowest BCUT2D eigenvalue weighted by Gasteiger charge is -2.04. The van der Waals surface area contributed by atoms with Crippen LogP contribution >= 0.6 is 0 Å². The van der Waals surface area contributed by atoms with Crippen molar-refractivity contribution < 1.29 is 13.5 Å². The van der Waals surface area contributed by atoms with Gasteiger partial charge in [-0.05, 0) is 12.3 Å². The molecule has 0 aromatic carbocycles. The average Bonchev–Trinajstić information content (AvgIpc) is 2.72. The fourth-order valence-electron chi connectivity index (χ4n) is 1.39. The number of hydrogen-bond donors (Lipinski definition) is 3. The maximum atomic E-state index is 11.8. The van der Waals surface area contributed by atoms with Crippen LogP contribution in [0.15, 0.2) is 11.2 Å². The Kier molecular flexibility index (Phi) is 2.53. The number of aliphatic hydroxyl groups is 1. The summed E-state index contributed by atoms with van der Waals surface area (Å²) >= 11 is 0. The van der Waals surface area contributed by atoms with Crippen LogP contribution in [0.5, 0.6) is 0 Å². The first-order valence-electron chi connectivity index (χ1n) is 4.70. The molecule has 1 aromatic heterocycles. The van der Waals surface area contributed by atoms with Crippen molar-refractivity contribution in [2.45, 2.75) is 31.0 Å². The van der Waals surface area contributed by atoms with Crippen molar-refractivity contribution in [3.05, 3.63) is 11.8 Å². The molecule has 2 rings (SSSR count). The molecule has 7 heteroatoms. The summed E-state index contributed by atoms with van der Waals surface area (Å²) in [7, 11) is -3.56.